The lowest BCUT2D eigenvalue weighted by molar-refractivity contribution is 0.0950. The highest BCUT2D eigenvalue weighted by atomic mass is 16.1. The second-order valence-electron chi connectivity index (χ2n) is 6.37. The average Bonchev–Trinajstić information content (AvgIpc) is 2.97. The molecule has 1 aromatic carbocycles. The van der Waals surface area contributed by atoms with Crippen LogP contribution >= 0.6 is 0 Å². The van der Waals surface area contributed by atoms with Crippen molar-refractivity contribution in [2.75, 3.05) is 27.2 Å². The van der Waals surface area contributed by atoms with Crippen molar-refractivity contribution in [2.24, 2.45) is 0 Å². The van der Waals surface area contributed by atoms with Gasteiger partial charge < -0.3 is 15.5 Å². The third-order valence-corrected chi connectivity index (χ3v) is 4.30. The molecule has 0 saturated heterocycles. The van der Waals surface area contributed by atoms with Crippen LogP contribution in [0.2, 0.25) is 0 Å². The molecule has 2 N–H and O–H groups in total. The summed E-state index contributed by atoms with van der Waals surface area (Å²) in [6.45, 7) is 4.11. The van der Waals surface area contributed by atoms with Crippen molar-refractivity contribution in [3.8, 4) is 0 Å². The van der Waals surface area contributed by atoms with Crippen molar-refractivity contribution in [1.29, 1.82) is 0 Å². The molecule has 0 spiro atoms. The largest absolute Gasteiger partial charge is 0.346 e. The molecule has 1 aromatic heterocycles. The maximum Gasteiger partial charge on any atom is 0.251 e. The van der Waals surface area contributed by atoms with Crippen LogP contribution in [-0.4, -0.2) is 47.8 Å². The van der Waals surface area contributed by atoms with Crippen LogP contribution < -0.4 is 10.6 Å². The van der Waals surface area contributed by atoms with Crippen LogP contribution in [0.3, 0.4) is 0 Å². The van der Waals surface area contributed by atoms with Gasteiger partial charge in [0.1, 0.15) is 0 Å². The first-order valence-corrected chi connectivity index (χ1v) is 8.41. The molecule has 0 bridgehead atoms. The Kier molecular flexibility index (Phi) is 5.27. The minimum Gasteiger partial charge on any atom is -0.346 e. The number of nitrogens with zero attached hydrogens (tertiary/aromatic N) is 3. The van der Waals surface area contributed by atoms with Gasteiger partial charge in [-0.2, -0.15) is 5.10 Å². The molecule has 0 aliphatic carbocycles. The minimum atomic E-state index is -0.0593. The van der Waals surface area contributed by atoms with Crippen molar-refractivity contribution in [1.82, 2.24) is 25.3 Å². The summed E-state index contributed by atoms with van der Waals surface area (Å²) in [6, 6.07) is 9.29. The fraction of sp³-hybridized carbons (Fsp3) is 0.444. The van der Waals surface area contributed by atoms with Gasteiger partial charge in [0, 0.05) is 42.9 Å². The first-order chi connectivity index (χ1) is 11.6. The van der Waals surface area contributed by atoms with E-state index < -0.39 is 0 Å². The number of likely N-dealkylation sites (N-methyl/N-ethyl adjacent to an activating group) is 1. The molecule has 2 heterocycles. The van der Waals surface area contributed by atoms with Crippen LogP contribution in [0.4, 0.5) is 0 Å². The van der Waals surface area contributed by atoms with E-state index in [0.29, 0.717) is 12.1 Å². The molecule has 3 rings (SSSR count). The molecule has 6 nitrogen and oxygen atoms in total. The Morgan fingerprint density at radius 3 is 2.88 bits per heavy atom. The van der Waals surface area contributed by atoms with Crippen LogP contribution in [0.5, 0.6) is 0 Å². The lowest BCUT2D eigenvalue weighted by Gasteiger charge is -2.17. The summed E-state index contributed by atoms with van der Waals surface area (Å²) in [6.07, 6.45) is 0.988. The van der Waals surface area contributed by atoms with Gasteiger partial charge in [-0.3, -0.25) is 9.48 Å². The number of hydrogen-bond acceptors (Lipinski definition) is 4. The first kappa shape index (κ1) is 16.7. The maximum atomic E-state index is 12.2. The van der Waals surface area contributed by atoms with Crippen LogP contribution in [0.1, 0.15) is 27.3 Å². The van der Waals surface area contributed by atoms with Crippen molar-refractivity contribution in [2.45, 2.75) is 26.1 Å². The smallest absolute Gasteiger partial charge is 0.251 e. The molecule has 0 radical (unpaired) electrons. The van der Waals surface area contributed by atoms with Gasteiger partial charge in [0.25, 0.3) is 5.91 Å². The first-order valence-electron chi connectivity index (χ1n) is 8.41. The number of carbonyl (C=O) groups is 1. The fourth-order valence-electron chi connectivity index (χ4n) is 2.97. The normalized spacial score (nSPS) is 13.8. The summed E-state index contributed by atoms with van der Waals surface area (Å²) in [4.78, 5) is 14.4. The molecular formula is C18H25N5O. The van der Waals surface area contributed by atoms with Gasteiger partial charge in [-0.25, -0.2) is 0 Å². The highest BCUT2D eigenvalue weighted by molar-refractivity contribution is 5.94. The molecular weight excluding hydrogens is 302 g/mol. The van der Waals surface area contributed by atoms with Gasteiger partial charge >= 0.3 is 0 Å². The molecule has 2 aromatic rings. The summed E-state index contributed by atoms with van der Waals surface area (Å²) in [5, 5.41) is 11.2. The summed E-state index contributed by atoms with van der Waals surface area (Å²) in [5.41, 5.74) is 4.20. The van der Waals surface area contributed by atoms with Crippen LogP contribution in [-0.2, 0) is 26.1 Å². The highest BCUT2D eigenvalue weighted by Crippen LogP contribution is 2.18. The van der Waals surface area contributed by atoms with E-state index >= 15 is 0 Å². The van der Waals surface area contributed by atoms with Gasteiger partial charge in [-0.15, -0.1) is 0 Å². The fourth-order valence-corrected chi connectivity index (χ4v) is 2.97. The van der Waals surface area contributed by atoms with E-state index in [0.717, 1.165) is 38.3 Å². The monoisotopic (exact) mass is 327 g/mol. The van der Waals surface area contributed by atoms with E-state index in [1.165, 1.54) is 11.3 Å². The quantitative estimate of drug-likeness (QED) is 0.832. The zero-order valence-corrected chi connectivity index (χ0v) is 14.4. The van der Waals surface area contributed by atoms with Crippen LogP contribution in [0.15, 0.2) is 30.3 Å². The molecule has 6 heteroatoms. The topological polar surface area (TPSA) is 62.2 Å². The van der Waals surface area contributed by atoms with Gasteiger partial charge in [-0.05, 0) is 26.2 Å². The third kappa shape index (κ3) is 3.83. The average molecular weight is 327 g/mol. The number of rotatable bonds is 6. The zero-order valence-electron chi connectivity index (χ0n) is 14.4. The SMILES string of the molecule is CN(C)CCn1nc(CNC(=O)c2ccccc2)c2c1CCNC2. The molecule has 1 aliphatic rings. The minimum absolute atomic E-state index is 0.0593. The van der Waals surface area contributed by atoms with E-state index in [-0.39, 0.29) is 5.91 Å². The van der Waals surface area contributed by atoms with E-state index in [2.05, 4.69) is 34.3 Å². The molecule has 24 heavy (non-hydrogen) atoms. The molecule has 1 aliphatic heterocycles. The number of amides is 1. The molecule has 0 atom stereocenters. The molecule has 128 valence electrons. The van der Waals surface area contributed by atoms with Crippen LogP contribution in [0.25, 0.3) is 0 Å². The Bertz CT molecular complexity index is 693. The van der Waals surface area contributed by atoms with E-state index in [1.807, 2.05) is 30.3 Å². The van der Waals surface area contributed by atoms with Crippen molar-refractivity contribution < 1.29 is 4.79 Å². The summed E-state index contributed by atoms with van der Waals surface area (Å²) in [7, 11) is 4.14. The standard InChI is InChI=1S/C18H25N5O/c1-22(2)10-11-23-17-8-9-19-12-15(17)16(21-23)13-20-18(24)14-6-4-3-5-7-14/h3-7,19H,8-13H2,1-2H3,(H,20,24). The van der Waals surface area contributed by atoms with Gasteiger partial charge in [-0.1, -0.05) is 18.2 Å². The number of aromatic nitrogens is 2. The van der Waals surface area contributed by atoms with Crippen molar-refractivity contribution >= 4 is 5.91 Å². The van der Waals surface area contributed by atoms with E-state index in [1.54, 1.807) is 0 Å². The molecule has 1 amide bonds. The van der Waals surface area contributed by atoms with Crippen LogP contribution in [0, 0.1) is 0 Å². The Hall–Kier alpha value is -2.18. The summed E-state index contributed by atoms with van der Waals surface area (Å²) >= 11 is 0. The van der Waals surface area contributed by atoms with Gasteiger partial charge in [0.2, 0.25) is 0 Å². The van der Waals surface area contributed by atoms with Crippen molar-refractivity contribution in [3.63, 3.8) is 0 Å². The number of benzene rings is 1. The van der Waals surface area contributed by atoms with Gasteiger partial charge in [0.05, 0.1) is 18.8 Å². The molecule has 0 saturated carbocycles. The number of hydrogen-bond donors (Lipinski definition) is 2. The maximum absolute atomic E-state index is 12.2. The second kappa shape index (κ2) is 7.59. The predicted octanol–water partition coefficient (Wildman–Crippen LogP) is 1.02. The zero-order chi connectivity index (χ0) is 16.9. The van der Waals surface area contributed by atoms with E-state index in [9.17, 15) is 4.79 Å². The highest BCUT2D eigenvalue weighted by Gasteiger charge is 2.20. The number of carbonyl (C=O) groups excluding carboxylic acids is 1. The lowest BCUT2D eigenvalue weighted by atomic mass is 10.1. The summed E-state index contributed by atoms with van der Waals surface area (Å²) in [5.74, 6) is -0.0593. The van der Waals surface area contributed by atoms with E-state index in [4.69, 9.17) is 5.10 Å². The Morgan fingerprint density at radius 2 is 2.12 bits per heavy atom. The Labute approximate surface area is 142 Å². The predicted molar refractivity (Wildman–Crippen MR) is 93.8 cm³/mol. The molecule has 0 fully saturated rings. The number of fused-ring (bicyclic) bond motifs is 1. The second-order valence-corrected chi connectivity index (χ2v) is 6.37. The van der Waals surface area contributed by atoms with Crippen molar-refractivity contribution in [3.05, 3.63) is 52.8 Å². The molecule has 0 unspecified atom stereocenters. The summed E-state index contributed by atoms with van der Waals surface area (Å²) < 4.78 is 2.11. The lowest BCUT2D eigenvalue weighted by Crippen LogP contribution is -2.27. The Morgan fingerprint density at radius 1 is 1.33 bits per heavy atom. The Balaban J connectivity index is 1.72. The third-order valence-electron chi connectivity index (χ3n) is 4.30. The van der Waals surface area contributed by atoms with Gasteiger partial charge in [0.15, 0.2) is 0 Å². The number of nitrogens with one attached hydrogen (secondary N) is 2.